The molecule has 6 aromatic heterocycles. The van der Waals surface area contributed by atoms with Crippen molar-refractivity contribution in [2.24, 2.45) is 0 Å². The zero-order valence-corrected chi connectivity index (χ0v) is 74.4. The van der Waals surface area contributed by atoms with Gasteiger partial charge in [0.1, 0.15) is 17.3 Å². The summed E-state index contributed by atoms with van der Waals surface area (Å²) in [6, 6.07) is 66.0. The van der Waals surface area contributed by atoms with Gasteiger partial charge in [0.2, 0.25) is 0 Å². The molecule has 0 unspecified atom stereocenters. The molecule has 13 aromatic rings. The largest absolute Gasteiger partial charge is 0.512 e. The van der Waals surface area contributed by atoms with Gasteiger partial charge in [0, 0.05) is 111 Å². The Balaban J connectivity index is 0.000000260. The van der Waals surface area contributed by atoms with Gasteiger partial charge in [0.25, 0.3) is 0 Å². The van der Waals surface area contributed by atoms with E-state index in [0.29, 0.717) is 11.8 Å². The Morgan fingerprint density at radius 2 is 0.685 bits per heavy atom. The van der Waals surface area contributed by atoms with E-state index in [0.717, 1.165) is 117 Å². The van der Waals surface area contributed by atoms with Gasteiger partial charge in [-0.3, -0.25) is 14.4 Å². The normalized spacial score (nSPS) is 11.3. The van der Waals surface area contributed by atoms with Crippen molar-refractivity contribution in [3.05, 3.63) is 291 Å². The van der Waals surface area contributed by atoms with Crippen molar-refractivity contribution < 1.29 is 103 Å². The van der Waals surface area contributed by atoms with E-state index in [9.17, 15) is 14.4 Å². The molecule has 13 rings (SSSR count). The maximum atomic E-state index is 10.0. The van der Waals surface area contributed by atoms with E-state index in [1.807, 2.05) is 18.6 Å². The maximum Gasteiger partial charge on any atom is 0.155 e. The third kappa shape index (κ3) is 27.0. The molecule has 583 valence electrons. The SMILES string of the molecule is CC(=O)C=C(C)O.CC(=O)C=C(C)O.CC(=O)C=C(C)O.Cc1[c-]c(-c2cc3cc(-c4cc(C(C)C)cc(C(C)C)c4)oc3cn2)cc(C)c1.Cc1[c-]c(-c2cc3cc(-c4ccc(-c5c(C)cccc5C)cc4)oc3cn2)cc(C)c1.Cc1[c-]c(-c2cc3cc(-c4ccc(C(C)(C)C)cc4)oc3cn2)cc(C)c1.[Ir].[Ir].[Ir]. The standard InChI is InChI=1S/C29H24NO.C27H28NO.C25H24NO.3C5H8O2.3Ir/c1-18-12-19(2)14-24(13-18)26-15-25-16-27(31-28(25)17-30-26)22-8-10-23(11-9-22)29-20(3)6-5-7-21(29)4;1-16(2)20-10-21(17(3)4)12-23(11-20)26-14-24-13-25(28-15-27(24)29-26)22-8-18(5)7-19(6)9-22;1-16-10-17(2)12-19(11-16)22-13-20-14-23(27-24(20)15-26-22)18-6-8-21(9-7-18)25(3,4)5;3*1-4(6)3-5(2)7;;;/h5-13,15-17H,1-4H3;7-8,10-17H,1-6H3;6-11,13-15H,1-5H3;3*3,6H,1-2H3;;;/q3*-1;;;;;;. The van der Waals surface area contributed by atoms with Crippen LogP contribution < -0.4 is 0 Å². The molecule has 0 fully saturated rings. The molecule has 0 saturated carbocycles. The van der Waals surface area contributed by atoms with E-state index in [-0.39, 0.29) is 100 Å². The van der Waals surface area contributed by atoms with Crippen LogP contribution in [0.5, 0.6) is 0 Å². The molecule has 0 bridgehead atoms. The van der Waals surface area contributed by atoms with Gasteiger partial charge in [-0.25, -0.2) is 0 Å². The number of aromatic nitrogens is 3. The van der Waals surface area contributed by atoms with Crippen LogP contribution in [0.1, 0.15) is 163 Å². The molecule has 0 saturated heterocycles. The van der Waals surface area contributed by atoms with Crippen molar-refractivity contribution in [2.45, 2.75) is 163 Å². The van der Waals surface area contributed by atoms with Crippen LogP contribution in [0, 0.1) is 73.6 Å². The average molecular weight is 2020 g/mol. The minimum absolute atomic E-state index is 0. The first-order chi connectivity index (χ1) is 50.9. The molecule has 0 aliphatic heterocycles. The van der Waals surface area contributed by atoms with Gasteiger partial charge < -0.3 is 43.5 Å². The minimum atomic E-state index is -0.125. The van der Waals surface area contributed by atoms with Crippen LogP contribution in [0.15, 0.2) is 225 Å². The van der Waals surface area contributed by atoms with E-state index in [2.05, 4.69) is 295 Å². The number of hydrogen-bond donors (Lipinski definition) is 3. The summed E-state index contributed by atoms with van der Waals surface area (Å²) >= 11 is 0. The number of ketones is 3. The molecule has 0 amide bonds. The predicted molar refractivity (Wildman–Crippen MR) is 443 cm³/mol. The van der Waals surface area contributed by atoms with Crippen molar-refractivity contribution in [3.8, 4) is 78.9 Å². The Kier molecular flexibility index (Phi) is 34.3. The first-order valence-corrected chi connectivity index (χ1v) is 36.2. The molecule has 6 heterocycles. The summed E-state index contributed by atoms with van der Waals surface area (Å²) in [5.41, 5.74) is 27.8. The van der Waals surface area contributed by atoms with Gasteiger partial charge in [-0.15, -0.1) is 105 Å². The van der Waals surface area contributed by atoms with Crippen LogP contribution in [0.25, 0.3) is 112 Å². The number of hydrogen-bond acceptors (Lipinski definition) is 12. The van der Waals surface area contributed by atoms with Crippen molar-refractivity contribution in [3.63, 3.8) is 0 Å². The Morgan fingerprint density at radius 1 is 0.387 bits per heavy atom. The van der Waals surface area contributed by atoms with Gasteiger partial charge in [-0.2, -0.15) is 0 Å². The molecule has 0 aliphatic carbocycles. The molecule has 7 aromatic carbocycles. The van der Waals surface area contributed by atoms with Crippen LogP contribution in [-0.2, 0) is 80.1 Å². The Hall–Kier alpha value is -9.81. The van der Waals surface area contributed by atoms with Crippen LogP contribution >= 0.6 is 0 Å². The summed E-state index contributed by atoms with van der Waals surface area (Å²) in [5.74, 6) is 3.39. The predicted octanol–water partition coefficient (Wildman–Crippen LogP) is 25.7. The zero-order chi connectivity index (χ0) is 79.0. The van der Waals surface area contributed by atoms with Crippen molar-refractivity contribution in [1.82, 2.24) is 15.0 Å². The van der Waals surface area contributed by atoms with Gasteiger partial charge in [0.05, 0.1) is 35.9 Å². The molecule has 0 aliphatic rings. The summed E-state index contributed by atoms with van der Waals surface area (Å²) in [6.07, 6.45) is 8.95. The fraction of sp³-hybridized carbons (Fsp3) is 0.250. The number of aryl methyl sites for hydroxylation is 8. The van der Waals surface area contributed by atoms with Crippen molar-refractivity contribution >= 4 is 50.3 Å². The minimum Gasteiger partial charge on any atom is -0.512 e. The fourth-order valence-corrected chi connectivity index (χ4v) is 12.4. The van der Waals surface area contributed by atoms with E-state index >= 15 is 0 Å². The molecular formula is C96H100Ir3N3O9-3. The van der Waals surface area contributed by atoms with Crippen molar-refractivity contribution in [1.29, 1.82) is 0 Å². The first-order valence-electron chi connectivity index (χ1n) is 36.2. The second-order valence-corrected chi connectivity index (χ2v) is 29.5. The molecule has 3 N–H and O–H groups in total. The summed E-state index contributed by atoms with van der Waals surface area (Å²) in [5, 5.41) is 28.3. The molecule has 0 spiro atoms. The van der Waals surface area contributed by atoms with E-state index in [4.69, 9.17) is 28.6 Å². The van der Waals surface area contributed by atoms with Gasteiger partial charge >= 0.3 is 0 Å². The average Bonchev–Trinajstić information content (AvgIpc) is 1.67. The number of aliphatic hydroxyl groups is 3. The number of allylic oxidation sites excluding steroid dienone is 6. The van der Waals surface area contributed by atoms with E-state index in [1.165, 1.54) is 115 Å². The van der Waals surface area contributed by atoms with Gasteiger partial charge in [-0.05, 0) is 159 Å². The second kappa shape index (κ2) is 41.5. The Morgan fingerprint density at radius 3 is 0.955 bits per heavy atom. The third-order valence-corrected chi connectivity index (χ3v) is 17.3. The smallest absolute Gasteiger partial charge is 0.155 e. The van der Waals surface area contributed by atoms with E-state index in [1.54, 1.807) is 0 Å². The monoisotopic (exact) mass is 2020 g/mol. The van der Waals surface area contributed by atoms with Gasteiger partial charge in [-0.1, -0.05) is 181 Å². The molecule has 15 heteroatoms. The Bertz CT molecular complexity index is 5290. The topological polar surface area (TPSA) is 190 Å². The number of aliphatic hydroxyl groups excluding tert-OH is 3. The van der Waals surface area contributed by atoms with Crippen LogP contribution in [0.3, 0.4) is 0 Å². The number of benzene rings is 7. The quantitative estimate of drug-likeness (QED) is 0.0597. The third-order valence-electron chi connectivity index (χ3n) is 17.3. The van der Waals surface area contributed by atoms with Crippen LogP contribution in [0.2, 0.25) is 0 Å². The summed E-state index contributed by atoms with van der Waals surface area (Å²) in [4.78, 5) is 43.9. The summed E-state index contributed by atoms with van der Waals surface area (Å²) in [6.45, 7) is 41.0. The number of carbonyl (C=O) groups excluding carboxylic acids is 3. The second-order valence-electron chi connectivity index (χ2n) is 29.5. The zero-order valence-electron chi connectivity index (χ0n) is 67.3. The number of furan rings is 3. The number of rotatable bonds is 12. The van der Waals surface area contributed by atoms with E-state index < -0.39 is 0 Å². The number of fused-ring (bicyclic) bond motifs is 3. The van der Waals surface area contributed by atoms with Crippen LogP contribution in [0.4, 0.5) is 0 Å². The number of carbonyl (C=O) groups is 3. The summed E-state index contributed by atoms with van der Waals surface area (Å²) in [7, 11) is 0. The Labute approximate surface area is 695 Å². The first kappa shape index (κ1) is 91.8. The van der Waals surface area contributed by atoms with Gasteiger partial charge in [0.15, 0.2) is 34.1 Å². The number of pyridine rings is 3. The fourth-order valence-electron chi connectivity index (χ4n) is 12.4. The summed E-state index contributed by atoms with van der Waals surface area (Å²) < 4.78 is 18.3. The molecule has 12 nitrogen and oxygen atoms in total. The molecular weight excluding hydrogens is 1920 g/mol. The van der Waals surface area contributed by atoms with Crippen LogP contribution in [-0.4, -0.2) is 47.6 Å². The maximum absolute atomic E-state index is 10.0. The molecule has 0 atom stereocenters. The van der Waals surface area contributed by atoms with Crippen molar-refractivity contribution in [2.75, 3.05) is 0 Å². The number of nitrogens with zero attached hydrogens (tertiary/aromatic N) is 3. The molecule has 111 heavy (non-hydrogen) atoms. The molecule has 3 radical (unpaired) electrons.